The third-order valence-electron chi connectivity index (χ3n) is 4.52. The number of aryl methyl sites for hydroxylation is 1. The molecule has 1 aliphatic rings. The average molecular weight is 367 g/mol. The van der Waals surface area contributed by atoms with Crippen molar-refractivity contribution in [2.45, 2.75) is 19.4 Å². The molecule has 0 aliphatic carbocycles. The molecule has 0 spiro atoms. The van der Waals surface area contributed by atoms with E-state index in [4.69, 9.17) is 9.84 Å². The van der Waals surface area contributed by atoms with Crippen molar-refractivity contribution in [3.63, 3.8) is 0 Å². The zero-order valence-electron chi connectivity index (χ0n) is 14.5. The van der Waals surface area contributed by atoms with Gasteiger partial charge in [0, 0.05) is 23.9 Å². The molecule has 0 unspecified atom stereocenters. The van der Waals surface area contributed by atoms with E-state index >= 15 is 0 Å². The quantitative estimate of drug-likeness (QED) is 0.736. The summed E-state index contributed by atoms with van der Waals surface area (Å²) in [7, 11) is 0. The molecule has 27 heavy (non-hydrogen) atoms. The van der Waals surface area contributed by atoms with Gasteiger partial charge in [0.1, 0.15) is 11.6 Å². The topological polar surface area (TPSA) is 76.4 Å². The van der Waals surface area contributed by atoms with Gasteiger partial charge in [0.25, 0.3) is 0 Å². The highest BCUT2D eigenvalue weighted by atomic mass is 19.1. The molecule has 0 saturated carbocycles. The molecule has 0 fully saturated rings. The van der Waals surface area contributed by atoms with Gasteiger partial charge >= 0.3 is 6.09 Å². The summed E-state index contributed by atoms with van der Waals surface area (Å²) in [6.45, 7) is 0.655. The van der Waals surface area contributed by atoms with Gasteiger partial charge in [-0.15, -0.1) is 0 Å². The molecule has 7 heteroatoms. The Bertz CT molecular complexity index is 1000. The Labute approximate surface area is 155 Å². The van der Waals surface area contributed by atoms with Gasteiger partial charge in [-0.25, -0.2) is 13.9 Å². The van der Waals surface area contributed by atoms with Gasteiger partial charge in [0.2, 0.25) is 0 Å². The molecule has 0 saturated heterocycles. The lowest BCUT2D eigenvalue weighted by atomic mass is 10.1. The number of aromatic nitrogens is 2. The molecule has 1 aromatic heterocycles. The SMILES string of the molecule is O=C(O)NCc1cc(-c2ccn(-c3ccc4c(c3)CCCO4)n2)ccc1F. The summed E-state index contributed by atoms with van der Waals surface area (Å²) in [5.41, 5.74) is 3.77. The van der Waals surface area contributed by atoms with Crippen LogP contribution in [-0.2, 0) is 13.0 Å². The predicted molar refractivity (Wildman–Crippen MR) is 97.6 cm³/mol. The second-order valence-corrected chi connectivity index (χ2v) is 6.35. The van der Waals surface area contributed by atoms with Crippen molar-refractivity contribution < 1.29 is 19.0 Å². The number of nitrogens with zero attached hydrogens (tertiary/aromatic N) is 2. The summed E-state index contributed by atoms with van der Waals surface area (Å²) in [5, 5.41) is 15.5. The maximum Gasteiger partial charge on any atom is 0.404 e. The lowest BCUT2D eigenvalue weighted by molar-refractivity contribution is 0.194. The Morgan fingerprint density at radius 2 is 2.15 bits per heavy atom. The van der Waals surface area contributed by atoms with Crippen molar-refractivity contribution in [3.05, 3.63) is 65.6 Å². The van der Waals surface area contributed by atoms with Gasteiger partial charge < -0.3 is 15.2 Å². The summed E-state index contributed by atoms with van der Waals surface area (Å²) in [6, 6.07) is 12.4. The van der Waals surface area contributed by atoms with Crippen LogP contribution in [0.3, 0.4) is 0 Å². The van der Waals surface area contributed by atoms with Crippen molar-refractivity contribution in [1.82, 2.24) is 15.1 Å². The predicted octanol–water partition coefficient (Wildman–Crippen LogP) is 3.77. The monoisotopic (exact) mass is 367 g/mol. The molecule has 1 aliphatic heterocycles. The fourth-order valence-corrected chi connectivity index (χ4v) is 3.15. The first-order chi connectivity index (χ1) is 13.1. The van der Waals surface area contributed by atoms with E-state index in [9.17, 15) is 9.18 Å². The van der Waals surface area contributed by atoms with E-state index < -0.39 is 11.9 Å². The second kappa shape index (κ2) is 7.11. The van der Waals surface area contributed by atoms with E-state index in [1.807, 2.05) is 24.4 Å². The van der Waals surface area contributed by atoms with E-state index in [0.29, 0.717) is 5.69 Å². The highest BCUT2D eigenvalue weighted by Gasteiger charge is 2.13. The maximum absolute atomic E-state index is 13.9. The lowest BCUT2D eigenvalue weighted by Gasteiger charge is -2.17. The molecule has 2 aromatic carbocycles. The number of carbonyl (C=O) groups is 1. The largest absolute Gasteiger partial charge is 0.493 e. The number of ether oxygens (including phenoxy) is 1. The van der Waals surface area contributed by atoms with Crippen molar-refractivity contribution >= 4 is 6.09 Å². The third-order valence-corrected chi connectivity index (χ3v) is 4.52. The number of amides is 1. The van der Waals surface area contributed by atoms with Gasteiger partial charge in [0.05, 0.1) is 18.0 Å². The van der Waals surface area contributed by atoms with Crippen LogP contribution in [0.2, 0.25) is 0 Å². The molecule has 0 atom stereocenters. The molecule has 0 radical (unpaired) electrons. The zero-order valence-corrected chi connectivity index (χ0v) is 14.5. The van der Waals surface area contributed by atoms with Crippen molar-refractivity contribution in [2.24, 2.45) is 0 Å². The molecule has 1 amide bonds. The van der Waals surface area contributed by atoms with Crippen LogP contribution in [-0.4, -0.2) is 27.6 Å². The van der Waals surface area contributed by atoms with Crippen molar-refractivity contribution in [3.8, 4) is 22.7 Å². The molecular formula is C20H18FN3O3. The minimum absolute atomic E-state index is 0.0967. The first-order valence-electron chi connectivity index (χ1n) is 8.67. The lowest BCUT2D eigenvalue weighted by Crippen LogP contribution is -2.20. The smallest absolute Gasteiger partial charge is 0.404 e. The summed E-state index contributed by atoms with van der Waals surface area (Å²) in [6.07, 6.45) is 2.64. The Hall–Kier alpha value is -3.35. The van der Waals surface area contributed by atoms with E-state index in [-0.39, 0.29) is 12.1 Å². The first kappa shape index (κ1) is 17.1. The Morgan fingerprint density at radius 3 is 3.00 bits per heavy atom. The van der Waals surface area contributed by atoms with Gasteiger partial charge in [-0.05, 0) is 60.9 Å². The molecule has 4 rings (SSSR count). The highest BCUT2D eigenvalue weighted by Crippen LogP contribution is 2.28. The second-order valence-electron chi connectivity index (χ2n) is 6.35. The first-order valence-corrected chi connectivity index (χ1v) is 8.67. The number of halogens is 1. The molecule has 138 valence electrons. The van der Waals surface area contributed by atoms with Crippen LogP contribution >= 0.6 is 0 Å². The third kappa shape index (κ3) is 3.62. The van der Waals surface area contributed by atoms with Crippen LogP contribution in [0.1, 0.15) is 17.5 Å². The number of hydrogen-bond acceptors (Lipinski definition) is 3. The standard InChI is InChI=1S/C20H18FN3O3/c21-17-5-3-13(10-15(17)12-22-20(25)26)18-7-8-24(23-18)16-4-6-19-14(11-16)2-1-9-27-19/h3-8,10-11,22H,1-2,9,12H2,(H,25,26). The van der Waals surface area contributed by atoms with Crippen LogP contribution in [0.4, 0.5) is 9.18 Å². The van der Waals surface area contributed by atoms with Gasteiger partial charge in [0.15, 0.2) is 0 Å². The summed E-state index contributed by atoms with van der Waals surface area (Å²) < 4.78 is 21.3. The number of hydrogen-bond donors (Lipinski definition) is 2. The van der Waals surface area contributed by atoms with Crippen molar-refractivity contribution in [1.29, 1.82) is 0 Å². The maximum atomic E-state index is 13.9. The molecule has 6 nitrogen and oxygen atoms in total. The average Bonchev–Trinajstić information content (AvgIpc) is 3.17. The van der Waals surface area contributed by atoms with Gasteiger partial charge in [-0.3, -0.25) is 0 Å². The van der Waals surface area contributed by atoms with Crippen LogP contribution in [0.25, 0.3) is 16.9 Å². The van der Waals surface area contributed by atoms with Crippen LogP contribution in [0.15, 0.2) is 48.7 Å². The minimum atomic E-state index is -1.19. The number of fused-ring (bicyclic) bond motifs is 1. The Kier molecular flexibility index (Phi) is 4.50. The van der Waals surface area contributed by atoms with Crippen LogP contribution in [0, 0.1) is 5.82 Å². The fraction of sp³-hybridized carbons (Fsp3) is 0.200. The fourth-order valence-electron chi connectivity index (χ4n) is 3.15. The normalized spacial score (nSPS) is 12.9. The van der Waals surface area contributed by atoms with E-state index in [1.165, 1.54) is 11.6 Å². The van der Waals surface area contributed by atoms with Gasteiger partial charge in [-0.1, -0.05) is 0 Å². The van der Waals surface area contributed by atoms with E-state index in [0.717, 1.165) is 36.4 Å². The molecule has 0 bridgehead atoms. The number of benzene rings is 2. The summed E-state index contributed by atoms with van der Waals surface area (Å²) in [4.78, 5) is 10.6. The Balaban J connectivity index is 1.61. The molecule has 2 heterocycles. The molecule has 2 N–H and O–H groups in total. The van der Waals surface area contributed by atoms with Crippen LogP contribution < -0.4 is 10.1 Å². The van der Waals surface area contributed by atoms with Crippen LogP contribution in [0.5, 0.6) is 5.75 Å². The Morgan fingerprint density at radius 1 is 1.26 bits per heavy atom. The minimum Gasteiger partial charge on any atom is -0.493 e. The van der Waals surface area contributed by atoms with E-state index in [1.54, 1.807) is 16.8 Å². The summed E-state index contributed by atoms with van der Waals surface area (Å²) in [5.74, 6) is 0.466. The van der Waals surface area contributed by atoms with E-state index in [2.05, 4.69) is 16.5 Å². The molecular weight excluding hydrogens is 349 g/mol. The number of rotatable bonds is 4. The number of nitrogens with one attached hydrogen (secondary N) is 1. The highest BCUT2D eigenvalue weighted by molar-refractivity contribution is 5.65. The molecule has 3 aromatic rings. The summed E-state index contributed by atoms with van der Waals surface area (Å²) >= 11 is 0. The zero-order chi connectivity index (χ0) is 18.8. The van der Waals surface area contributed by atoms with Gasteiger partial charge in [-0.2, -0.15) is 5.10 Å². The number of carboxylic acid groups (broad SMARTS) is 1. The van der Waals surface area contributed by atoms with Crippen molar-refractivity contribution in [2.75, 3.05) is 6.61 Å².